The van der Waals surface area contributed by atoms with E-state index in [-0.39, 0.29) is 24.0 Å². The van der Waals surface area contributed by atoms with Crippen molar-refractivity contribution in [2.24, 2.45) is 11.8 Å². The minimum Gasteiger partial charge on any atom is -0.350 e. The van der Waals surface area contributed by atoms with Gasteiger partial charge in [-0.2, -0.15) is 0 Å². The molecule has 2 heterocycles. The summed E-state index contributed by atoms with van der Waals surface area (Å²) < 4.78 is 38.9. The molecular formula is C20H26F2N2O4. The number of hydrogen-bond donors (Lipinski definition) is 1. The smallest absolute Gasteiger partial charge is 0.257 e. The number of nitrogens with one attached hydrogen (secondary N) is 1. The Morgan fingerprint density at radius 1 is 1.18 bits per heavy atom. The molecule has 154 valence electrons. The zero-order valence-corrected chi connectivity index (χ0v) is 16.1. The number of ether oxygens (including phenoxy) is 2. The molecule has 0 aliphatic carbocycles. The lowest BCUT2D eigenvalue weighted by Crippen LogP contribution is -2.54. The fraction of sp³-hybridized carbons (Fsp3) is 0.600. The molecule has 1 aromatic carbocycles. The van der Waals surface area contributed by atoms with Crippen LogP contribution in [0.5, 0.6) is 0 Å². The number of carbonyl (C=O) groups excluding carboxylic acids is 2. The molecule has 0 spiro atoms. The summed E-state index contributed by atoms with van der Waals surface area (Å²) in [4.78, 5) is 27.2. The fourth-order valence-electron chi connectivity index (χ4n) is 3.72. The Labute approximate surface area is 163 Å². The maximum Gasteiger partial charge on any atom is 0.257 e. The van der Waals surface area contributed by atoms with Crippen LogP contribution in [0.2, 0.25) is 0 Å². The van der Waals surface area contributed by atoms with E-state index in [4.69, 9.17) is 9.47 Å². The highest BCUT2D eigenvalue weighted by Gasteiger charge is 2.36. The first-order valence-corrected chi connectivity index (χ1v) is 9.65. The highest BCUT2D eigenvalue weighted by atomic mass is 19.1. The largest absolute Gasteiger partial charge is 0.350 e. The third kappa shape index (κ3) is 4.50. The molecule has 3 rings (SSSR count). The second kappa shape index (κ2) is 8.96. The molecule has 0 radical (unpaired) electrons. The monoisotopic (exact) mass is 396 g/mol. The molecule has 2 amide bonds. The molecule has 2 fully saturated rings. The van der Waals surface area contributed by atoms with Crippen LogP contribution in [-0.4, -0.2) is 55.3 Å². The molecule has 1 aromatic rings. The Balaban J connectivity index is 1.70. The molecule has 2 atom stereocenters. The quantitative estimate of drug-likeness (QED) is 0.830. The molecule has 1 N–H and O–H groups in total. The minimum atomic E-state index is -0.957. The van der Waals surface area contributed by atoms with Gasteiger partial charge in [0.15, 0.2) is 6.29 Å². The van der Waals surface area contributed by atoms with Crippen LogP contribution in [0.3, 0.4) is 0 Å². The highest BCUT2D eigenvalue weighted by molar-refractivity contribution is 5.98. The number of halogens is 2. The summed E-state index contributed by atoms with van der Waals surface area (Å²) in [6.07, 6.45) is 1.39. The normalized spacial score (nSPS) is 21.8. The van der Waals surface area contributed by atoms with Gasteiger partial charge in [0, 0.05) is 19.0 Å². The molecule has 6 nitrogen and oxygen atoms in total. The summed E-state index contributed by atoms with van der Waals surface area (Å²) in [7, 11) is 0. The first-order chi connectivity index (χ1) is 13.4. The average molecular weight is 396 g/mol. The second-order valence-electron chi connectivity index (χ2n) is 7.59. The van der Waals surface area contributed by atoms with Gasteiger partial charge in [-0.3, -0.25) is 9.59 Å². The Hall–Kier alpha value is -2.06. The van der Waals surface area contributed by atoms with Gasteiger partial charge >= 0.3 is 0 Å². The van der Waals surface area contributed by atoms with Gasteiger partial charge in [0.2, 0.25) is 5.91 Å². The second-order valence-corrected chi connectivity index (χ2v) is 7.59. The van der Waals surface area contributed by atoms with E-state index in [1.807, 2.05) is 0 Å². The van der Waals surface area contributed by atoms with Crippen molar-refractivity contribution in [2.75, 3.05) is 26.3 Å². The molecule has 0 bridgehead atoms. The standard InChI is InChI=1S/C20H26F2N2O4/c1-12(2)17(23-18(25)16-14(21)6-3-7-15(16)22)19(26)24-8-4-5-13(11-24)20-27-9-10-28-20/h3,6-7,12-13,17,20H,4-5,8-11H2,1-2H3,(H,23,25)/t13?,17-/m0/s1. The number of hydrogen-bond acceptors (Lipinski definition) is 4. The molecule has 1 unspecified atom stereocenters. The summed E-state index contributed by atoms with van der Waals surface area (Å²) >= 11 is 0. The predicted octanol–water partition coefficient (Wildman–Crippen LogP) is 2.33. The number of benzene rings is 1. The van der Waals surface area contributed by atoms with Gasteiger partial charge in [-0.05, 0) is 30.9 Å². The Bertz CT molecular complexity index is 702. The van der Waals surface area contributed by atoms with Crippen molar-refractivity contribution in [1.82, 2.24) is 10.2 Å². The van der Waals surface area contributed by atoms with E-state index in [9.17, 15) is 18.4 Å². The van der Waals surface area contributed by atoms with Crippen LogP contribution in [-0.2, 0) is 14.3 Å². The SMILES string of the molecule is CC(C)[C@H](NC(=O)c1c(F)cccc1F)C(=O)N1CCCC(C2OCCO2)C1. The van der Waals surface area contributed by atoms with Crippen molar-refractivity contribution < 1.29 is 27.8 Å². The summed E-state index contributed by atoms with van der Waals surface area (Å²) in [6, 6.07) is 2.34. The van der Waals surface area contributed by atoms with E-state index < -0.39 is 29.1 Å². The van der Waals surface area contributed by atoms with Crippen LogP contribution in [0.15, 0.2) is 18.2 Å². The minimum absolute atomic E-state index is 0.0766. The van der Waals surface area contributed by atoms with Crippen molar-refractivity contribution >= 4 is 11.8 Å². The van der Waals surface area contributed by atoms with Crippen LogP contribution >= 0.6 is 0 Å². The van der Waals surface area contributed by atoms with Gasteiger partial charge in [-0.15, -0.1) is 0 Å². The Kier molecular flexibility index (Phi) is 6.61. The molecule has 2 aliphatic heterocycles. The fourth-order valence-corrected chi connectivity index (χ4v) is 3.72. The number of nitrogens with zero attached hydrogens (tertiary/aromatic N) is 1. The summed E-state index contributed by atoms with van der Waals surface area (Å²) in [5, 5.41) is 2.52. The molecule has 28 heavy (non-hydrogen) atoms. The number of piperidine rings is 1. The van der Waals surface area contributed by atoms with Crippen LogP contribution in [0, 0.1) is 23.5 Å². The molecule has 0 saturated carbocycles. The third-order valence-corrected chi connectivity index (χ3v) is 5.21. The molecule has 0 aromatic heterocycles. The zero-order chi connectivity index (χ0) is 20.3. The summed E-state index contributed by atoms with van der Waals surface area (Å²) in [6.45, 7) is 5.70. The van der Waals surface area contributed by atoms with Gasteiger partial charge < -0.3 is 19.7 Å². The van der Waals surface area contributed by atoms with Crippen molar-refractivity contribution in [1.29, 1.82) is 0 Å². The van der Waals surface area contributed by atoms with Crippen molar-refractivity contribution in [3.8, 4) is 0 Å². The van der Waals surface area contributed by atoms with Crippen LogP contribution in [0.4, 0.5) is 8.78 Å². The topological polar surface area (TPSA) is 67.9 Å². The predicted molar refractivity (Wildman–Crippen MR) is 97.4 cm³/mol. The summed E-state index contributed by atoms with van der Waals surface area (Å²) in [5.74, 6) is -3.28. The van der Waals surface area contributed by atoms with Crippen LogP contribution in [0.25, 0.3) is 0 Å². The number of amides is 2. The van der Waals surface area contributed by atoms with Gasteiger partial charge in [-0.1, -0.05) is 19.9 Å². The molecule has 2 saturated heterocycles. The first kappa shape index (κ1) is 20.7. The summed E-state index contributed by atoms with van der Waals surface area (Å²) in [5.41, 5.74) is -0.676. The van der Waals surface area contributed by atoms with Gasteiger partial charge in [0.05, 0.1) is 13.2 Å². The van der Waals surface area contributed by atoms with E-state index in [1.165, 1.54) is 6.07 Å². The lowest BCUT2D eigenvalue weighted by Gasteiger charge is -2.37. The zero-order valence-electron chi connectivity index (χ0n) is 16.1. The molecule has 2 aliphatic rings. The van der Waals surface area contributed by atoms with Crippen molar-refractivity contribution in [3.63, 3.8) is 0 Å². The number of likely N-dealkylation sites (tertiary alicyclic amines) is 1. The molecule has 8 heteroatoms. The lowest BCUT2D eigenvalue weighted by molar-refractivity contribution is -0.142. The number of carbonyl (C=O) groups is 2. The highest BCUT2D eigenvalue weighted by Crippen LogP contribution is 2.26. The Morgan fingerprint density at radius 2 is 1.82 bits per heavy atom. The van der Waals surface area contributed by atoms with Crippen molar-refractivity contribution in [3.05, 3.63) is 35.4 Å². The lowest BCUT2D eigenvalue weighted by atomic mass is 9.95. The Morgan fingerprint density at radius 3 is 2.43 bits per heavy atom. The molecular weight excluding hydrogens is 370 g/mol. The number of rotatable bonds is 5. The maximum absolute atomic E-state index is 13.9. The van der Waals surface area contributed by atoms with E-state index >= 15 is 0 Å². The van der Waals surface area contributed by atoms with E-state index in [0.717, 1.165) is 25.0 Å². The van der Waals surface area contributed by atoms with Gasteiger partial charge in [-0.25, -0.2) is 8.78 Å². The third-order valence-electron chi connectivity index (χ3n) is 5.21. The first-order valence-electron chi connectivity index (χ1n) is 9.65. The van der Waals surface area contributed by atoms with E-state index in [0.29, 0.717) is 26.3 Å². The van der Waals surface area contributed by atoms with Gasteiger partial charge in [0.1, 0.15) is 23.2 Å². The average Bonchev–Trinajstić information content (AvgIpc) is 3.20. The van der Waals surface area contributed by atoms with E-state index in [1.54, 1.807) is 18.7 Å². The van der Waals surface area contributed by atoms with Crippen LogP contribution < -0.4 is 5.32 Å². The van der Waals surface area contributed by atoms with E-state index in [2.05, 4.69) is 5.32 Å². The maximum atomic E-state index is 13.9. The van der Waals surface area contributed by atoms with Gasteiger partial charge in [0.25, 0.3) is 5.91 Å². The van der Waals surface area contributed by atoms with Crippen LogP contribution in [0.1, 0.15) is 37.0 Å². The van der Waals surface area contributed by atoms with Crippen molar-refractivity contribution in [2.45, 2.75) is 39.0 Å².